The van der Waals surface area contributed by atoms with Gasteiger partial charge in [0.05, 0.1) is 18.6 Å². The first kappa shape index (κ1) is 23.1. The van der Waals surface area contributed by atoms with Crippen LogP contribution in [0.5, 0.6) is 11.5 Å². The van der Waals surface area contributed by atoms with Crippen molar-refractivity contribution in [3.63, 3.8) is 0 Å². The Labute approximate surface area is 212 Å². The van der Waals surface area contributed by atoms with E-state index >= 15 is 0 Å². The first-order valence-electron chi connectivity index (χ1n) is 13.3. The highest BCUT2D eigenvalue weighted by Crippen LogP contribution is 2.60. The smallest absolute Gasteiger partial charge is 0.243 e. The molecular weight excluding hydrogens is 452 g/mol. The van der Waals surface area contributed by atoms with Crippen LogP contribution in [0.2, 0.25) is 0 Å². The number of hydrogen-bond acceptors (Lipinski definition) is 5. The Hall–Kier alpha value is -3.28. The Morgan fingerprint density at radius 1 is 1.19 bits per heavy atom. The van der Waals surface area contributed by atoms with E-state index in [1.165, 1.54) is 12.0 Å². The highest BCUT2D eigenvalue weighted by Gasteiger charge is 2.62. The van der Waals surface area contributed by atoms with Gasteiger partial charge in [0.1, 0.15) is 11.5 Å². The maximum atomic E-state index is 13.3. The van der Waals surface area contributed by atoms with Crippen LogP contribution in [0.3, 0.4) is 0 Å². The van der Waals surface area contributed by atoms with Gasteiger partial charge in [0, 0.05) is 40.7 Å². The molecule has 0 saturated heterocycles. The van der Waals surface area contributed by atoms with Crippen LogP contribution in [0.15, 0.2) is 41.9 Å². The largest absolute Gasteiger partial charge is 0.613 e. The molecule has 2 aromatic carbocycles. The summed E-state index contributed by atoms with van der Waals surface area (Å²) in [4.78, 5) is 0. The van der Waals surface area contributed by atoms with Crippen molar-refractivity contribution in [2.24, 2.45) is 0 Å². The Balaban J connectivity index is 1.54. The molecule has 0 saturated carbocycles. The molecule has 2 unspecified atom stereocenters. The minimum Gasteiger partial charge on any atom is -0.613 e. The standard InChI is InChI=1S/C30H34N2O4/c1-4-6-7-8-9-21-26(29(33)35-5-2)25-22-12-13-24-23(25)17-30(32(31)27(21)22)15-14-18-16-19(34-3)10-11-20(18)28(30)36-24/h10-13,16,28H,4-9,14-15,17H2,1-3H3,(H-,31,33). The lowest BCUT2D eigenvalue weighted by molar-refractivity contribution is -0.624. The van der Waals surface area contributed by atoms with Crippen LogP contribution in [0.25, 0.3) is 11.3 Å². The van der Waals surface area contributed by atoms with Gasteiger partial charge < -0.3 is 19.3 Å². The third-order valence-corrected chi connectivity index (χ3v) is 8.47. The van der Waals surface area contributed by atoms with Gasteiger partial charge in [0.15, 0.2) is 6.10 Å². The van der Waals surface area contributed by atoms with E-state index in [4.69, 9.17) is 14.2 Å². The van der Waals surface area contributed by atoms with Crippen molar-refractivity contribution in [2.45, 2.75) is 76.9 Å². The molecule has 188 valence electrons. The van der Waals surface area contributed by atoms with Crippen molar-refractivity contribution < 1.29 is 24.0 Å². The van der Waals surface area contributed by atoms with E-state index in [1.807, 2.05) is 19.1 Å². The van der Waals surface area contributed by atoms with Gasteiger partial charge in [-0.1, -0.05) is 49.4 Å². The molecule has 6 rings (SSSR count). The number of benzene rings is 2. The molecule has 1 N–H and O–H groups in total. The molecule has 5 bridgehead atoms. The van der Waals surface area contributed by atoms with Crippen molar-refractivity contribution in [3.8, 4) is 11.5 Å². The monoisotopic (exact) mass is 486 g/mol. The SMILES string of the molecule is CCCCCCC1=C2c3ccc4c(c3C1=C([O-])OCC)CC1(CCc3cc(OC)ccc3C1O4)[N+]2=N. The first-order valence-corrected chi connectivity index (χ1v) is 13.3. The molecule has 36 heavy (non-hydrogen) atoms. The van der Waals surface area contributed by atoms with E-state index in [1.54, 1.807) is 11.8 Å². The molecule has 2 heterocycles. The van der Waals surface area contributed by atoms with Crippen LogP contribution in [-0.4, -0.2) is 24.0 Å². The molecule has 4 aliphatic rings. The van der Waals surface area contributed by atoms with Gasteiger partial charge in [0.25, 0.3) is 0 Å². The van der Waals surface area contributed by atoms with Gasteiger partial charge in [0.2, 0.25) is 11.2 Å². The molecule has 2 aliphatic heterocycles. The van der Waals surface area contributed by atoms with E-state index in [9.17, 15) is 10.6 Å². The lowest BCUT2D eigenvalue weighted by atomic mass is 9.69. The van der Waals surface area contributed by atoms with Crippen LogP contribution in [0.1, 0.15) is 86.3 Å². The first-order chi connectivity index (χ1) is 17.5. The van der Waals surface area contributed by atoms with Crippen LogP contribution in [-0.2, 0) is 17.6 Å². The van der Waals surface area contributed by atoms with Crippen molar-refractivity contribution in [1.82, 2.24) is 0 Å². The number of rotatable bonds is 8. The van der Waals surface area contributed by atoms with Crippen LogP contribution < -0.4 is 14.6 Å². The molecule has 0 aromatic heterocycles. The quantitative estimate of drug-likeness (QED) is 0.287. The lowest BCUT2D eigenvalue weighted by Crippen LogP contribution is -2.53. The summed E-state index contributed by atoms with van der Waals surface area (Å²) < 4.78 is 19.5. The molecule has 0 fully saturated rings. The number of nitrogens with one attached hydrogen (secondary N) is 1. The van der Waals surface area contributed by atoms with E-state index in [0.29, 0.717) is 18.6 Å². The number of unbranched alkanes of at least 4 members (excludes halogenated alkanes) is 3. The Morgan fingerprint density at radius 2 is 2.06 bits per heavy atom. The van der Waals surface area contributed by atoms with Crippen LogP contribution >= 0.6 is 0 Å². The Kier molecular flexibility index (Phi) is 5.58. The summed E-state index contributed by atoms with van der Waals surface area (Å²) in [7, 11) is 1.69. The predicted octanol–water partition coefficient (Wildman–Crippen LogP) is 5.87. The summed E-state index contributed by atoms with van der Waals surface area (Å²) in [6.07, 6.45) is 7.30. The van der Waals surface area contributed by atoms with Gasteiger partial charge in [-0.2, -0.15) is 0 Å². The van der Waals surface area contributed by atoms with Gasteiger partial charge in [-0.25, -0.2) is 0 Å². The second-order valence-electron chi connectivity index (χ2n) is 10.4. The predicted molar refractivity (Wildman–Crippen MR) is 135 cm³/mol. The third-order valence-electron chi connectivity index (χ3n) is 8.47. The van der Waals surface area contributed by atoms with Crippen molar-refractivity contribution in [2.75, 3.05) is 13.7 Å². The lowest BCUT2D eigenvalue weighted by Gasteiger charge is -2.43. The highest BCUT2D eigenvalue weighted by atomic mass is 16.6. The summed E-state index contributed by atoms with van der Waals surface area (Å²) in [5.41, 5.74) is 17.0. The molecular formula is C30H34N2O4. The number of ether oxygens (including phenoxy) is 3. The Bertz CT molecular complexity index is 1320. The highest BCUT2D eigenvalue weighted by molar-refractivity contribution is 6.00. The van der Waals surface area contributed by atoms with E-state index in [-0.39, 0.29) is 12.0 Å². The van der Waals surface area contributed by atoms with Crippen molar-refractivity contribution in [3.05, 3.63) is 69.7 Å². The Morgan fingerprint density at radius 3 is 2.83 bits per heavy atom. The van der Waals surface area contributed by atoms with Gasteiger partial charge in [-0.3, -0.25) is 0 Å². The zero-order valence-corrected chi connectivity index (χ0v) is 21.4. The number of fused-ring (bicyclic) bond motifs is 2. The molecule has 6 heteroatoms. The number of aryl methyl sites for hydroxylation is 1. The maximum absolute atomic E-state index is 13.3. The average molecular weight is 487 g/mol. The van der Waals surface area contributed by atoms with Crippen LogP contribution in [0.4, 0.5) is 0 Å². The zero-order chi connectivity index (χ0) is 25.0. The summed E-state index contributed by atoms with van der Waals surface area (Å²) >= 11 is 0. The summed E-state index contributed by atoms with van der Waals surface area (Å²) in [6, 6.07) is 10.3. The fourth-order valence-electron chi connectivity index (χ4n) is 6.76. The number of allylic oxidation sites excluding steroid dienone is 2. The molecule has 6 nitrogen and oxygen atoms in total. The normalized spacial score (nSPS) is 24.2. The van der Waals surface area contributed by atoms with E-state index in [2.05, 4.69) is 25.1 Å². The van der Waals surface area contributed by atoms with Crippen LogP contribution in [0, 0.1) is 5.53 Å². The van der Waals surface area contributed by atoms with Crippen molar-refractivity contribution >= 4 is 11.3 Å². The molecule has 0 radical (unpaired) electrons. The molecule has 2 atom stereocenters. The number of methoxy groups -OCH3 is 1. The molecule has 2 aromatic rings. The fraction of sp³-hybridized carbons (Fsp3) is 0.467. The minimum atomic E-state index is -0.524. The zero-order valence-electron chi connectivity index (χ0n) is 21.4. The number of hydrogen-bond donors (Lipinski definition) is 1. The van der Waals surface area contributed by atoms with Gasteiger partial charge >= 0.3 is 0 Å². The second kappa shape index (κ2) is 8.68. The summed E-state index contributed by atoms with van der Waals surface area (Å²) in [5.74, 6) is 1.39. The van der Waals surface area contributed by atoms with E-state index in [0.717, 1.165) is 83.5 Å². The van der Waals surface area contributed by atoms with Crippen molar-refractivity contribution in [1.29, 1.82) is 5.53 Å². The third kappa shape index (κ3) is 3.16. The van der Waals surface area contributed by atoms with Gasteiger partial charge in [-0.05, 0) is 55.7 Å². The minimum absolute atomic E-state index is 0.257. The molecule has 2 aliphatic carbocycles. The average Bonchev–Trinajstić information content (AvgIpc) is 3.23. The van der Waals surface area contributed by atoms with E-state index < -0.39 is 5.54 Å². The summed E-state index contributed by atoms with van der Waals surface area (Å²) in [6.45, 7) is 4.38. The second-order valence-corrected chi connectivity index (χ2v) is 10.4. The summed E-state index contributed by atoms with van der Waals surface area (Å²) in [5, 5.41) is 13.3. The maximum Gasteiger partial charge on any atom is 0.243 e. The fourth-order valence-corrected chi connectivity index (χ4v) is 6.76. The topological polar surface area (TPSA) is 77.6 Å². The number of nitrogens with zero attached hydrogens (tertiary/aromatic N) is 1. The van der Waals surface area contributed by atoms with Gasteiger partial charge in [-0.15, -0.1) is 0 Å². The molecule has 0 amide bonds. The molecule has 1 spiro atoms.